The van der Waals surface area contributed by atoms with Crippen molar-refractivity contribution in [3.63, 3.8) is 0 Å². The summed E-state index contributed by atoms with van der Waals surface area (Å²) >= 11 is 0. The number of nitrogens with one attached hydrogen (secondary N) is 3. The van der Waals surface area contributed by atoms with E-state index in [-0.39, 0.29) is 13.0 Å². The van der Waals surface area contributed by atoms with Gasteiger partial charge in [-0.1, -0.05) is 60.7 Å². The Hall–Kier alpha value is -3.88. The number of hydrogen-bond donors (Lipinski definition) is 3. The number of carbonyl (C=O) groups is 4. The van der Waals surface area contributed by atoms with Crippen molar-refractivity contribution in [2.75, 3.05) is 0 Å². The first-order valence-corrected chi connectivity index (χ1v) is 13.3. The number of carbonyl (C=O) groups excluding carboxylic acids is 4. The van der Waals surface area contributed by atoms with E-state index in [2.05, 4.69) is 16.0 Å². The molecule has 0 radical (unpaired) electrons. The van der Waals surface area contributed by atoms with E-state index in [0.717, 1.165) is 11.1 Å². The number of rotatable bonds is 11. The van der Waals surface area contributed by atoms with E-state index in [0.29, 0.717) is 6.42 Å². The summed E-state index contributed by atoms with van der Waals surface area (Å²) < 4.78 is 10.8. The number of benzene rings is 2. The molecule has 1 atom stereocenters. The van der Waals surface area contributed by atoms with Gasteiger partial charge in [-0.3, -0.25) is 9.59 Å². The highest BCUT2D eigenvalue weighted by Crippen LogP contribution is 2.19. The van der Waals surface area contributed by atoms with Crippen LogP contribution in [0.25, 0.3) is 0 Å². The van der Waals surface area contributed by atoms with Gasteiger partial charge in [0.1, 0.15) is 28.8 Å². The van der Waals surface area contributed by atoms with Gasteiger partial charge < -0.3 is 25.4 Å². The van der Waals surface area contributed by atoms with Gasteiger partial charge in [0.25, 0.3) is 0 Å². The third-order valence-corrected chi connectivity index (χ3v) is 6.18. The minimum Gasteiger partial charge on any atom is -0.458 e. The zero-order valence-electron chi connectivity index (χ0n) is 24.8. The molecule has 0 aromatic heterocycles. The normalized spacial score (nSPS) is 13.4. The van der Waals surface area contributed by atoms with Crippen LogP contribution in [0.4, 0.5) is 4.79 Å². The fraction of sp³-hybridized carbons (Fsp3) is 0.484. The second-order valence-corrected chi connectivity index (χ2v) is 12.2. The topological polar surface area (TPSA) is 123 Å². The number of hydrogen-bond acceptors (Lipinski definition) is 6. The Labute approximate surface area is 237 Å². The lowest BCUT2D eigenvalue weighted by molar-refractivity contribution is -0.163. The molecule has 2 aromatic carbocycles. The van der Waals surface area contributed by atoms with Gasteiger partial charge in [-0.2, -0.15) is 0 Å². The third-order valence-electron chi connectivity index (χ3n) is 6.18. The molecule has 0 unspecified atom stereocenters. The summed E-state index contributed by atoms with van der Waals surface area (Å²) in [6.45, 7) is 13.0. The Bertz CT molecular complexity index is 1170. The molecular formula is C31H43N3O6. The number of aryl methyl sites for hydroxylation is 1. The van der Waals surface area contributed by atoms with Crippen molar-refractivity contribution in [1.29, 1.82) is 0 Å². The van der Waals surface area contributed by atoms with Crippen LogP contribution in [0.5, 0.6) is 0 Å². The average Bonchev–Trinajstić information content (AvgIpc) is 2.86. The fourth-order valence-corrected chi connectivity index (χ4v) is 3.63. The van der Waals surface area contributed by atoms with Crippen LogP contribution in [0, 0.1) is 0 Å². The lowest BCUT2D eigenvalue weighted by Crippen LogP contribution is -2.66. The van der Waals surface area contributed by atoms with E-state index >= 15 is 0 Å². The van der Waals surface area contributed by atoms with Crippen molar-refractivity contribution >= 4 is 23.9 Å². The Morgan fingerprint density at radius 2 is 1.15 bits per heavy atom. The maximum Gasteiger partial charge on any atom is 0.408 e. The van der Waals surface area contributed by atoms with Gasteiger partial charge in [-0.25, -0.2) is 9.59 Å². The first kappa shape index (κ1) is 32.3. The van der Waals surface area contributed by atoms with Gasteiger partial charge in [0, 0.05) is 0 Å². The number of esters is 1. The second-order valence-electron chi connectivity index (χ2n) is 12.2. The zero-order chi connectivity index (χ0) is 30.2. The highest BCUT2D eigenvalue weighted by atomic mass is 16.6. The van der Waals surface area contributed by atoms with Gasteiger partial charge in [-0.05, 0) is 79.4 Å². The molecule has 9 nitrogen and oxygen atoms in total. The average molecular weight is 554 g/mol. The van der Waals surface area contributed by atoms with Crippen LogP contribution >= 0.6 is 0 Å². The zero-order valence-corrected chi connectivity index (χ0v) is 24.8. The summed E-state index contributed by atoms with van der Waals surface area (Å²) in [5.74, 6) is -1.77. The first-order chi connectivity index (χ1) is 18.4. The summed E-state index contributed by atoms with van der Waals surface area (Å²) in [6.07, 6.45) is -0.0326. The van der Waals surface area contributed by atoms with Gasteiger partial charge in [0.05, 0.1) is 0 Å². The molecule has 3 amide bonds. The van der Waals surface area contributed by atoms with Crippen LogP contribution in [-0.2, 0) is 36.9 Å². The molecular weight excluding hydrogens is 510 g/mol. The van der Waals surface area contributed by atoms with Crippen molar-refractivity contribution in [2.24, 2.45) is 0 Å². The predicted octanol–water partition coefficient (Wildman–Crippen LogP) is 4.44. The van der Waals surface area contributed by atoms with Crippen LogP contribution < -0.4 is 16.0 Å². The quantitative estimate of drug-likeness (QED) is 0.354. The van der Waals surface area contributed by atoms with Crippen molar-refractivity contribution in [2.45, 2.75) is 97.1 Å². The smallest absolute Gasteiger partial charge is 0.408 e. The SMILES string of the molecule is CC(C)(C)OC(=O)C(C)(C)NC(=O)C(C)(C)NC(=O)[C@@](C)(CCc1ccccc1)NC(=O)OCc1ccccc1. The van der Waals surface area contributed by atoms with E-state index in [1.54, 1.807) is 27.7 Å². The first-order valence-electron chi connectivity index (χ1n) is 13.3. The van der Waals surface area contributed by atoms with Gasteiger partial charge in [0.2, 0.25) is 11.8 Å². The molecule has 3 N–H and O–H groups in total. The molecule has 218 valence electrons. The van der Waals surface area contributed by atoms with Crippen LogP contribution in [0.3, 0.4) is 0 Å². The summed E-state index contributed by atoms with van der Waals surface area (Å²) in [4.78, 5) is 52.3. The largest absolute Gasteiger partial charge is 0.458 e. The van der Waals surface area contributed by atoms with E-state index in [4.69, 9.17) is 9.47 Å². The molecule has 0 aliphatic carbocycles. The van der Waals surface area contributed by atoms with Crippen LogP contribution in [0.15, 0.2) is 60.7 Å². The maximum atomic E-state index is 13.7. The second kappa shape index (κ2) is 13.0. The highest BCUT2D eigenvalue weighted by Gasteiger charge is 2.43. The Morgan fingerprint density at radius 1 is 0.650 bits per heavy atom. The number of ether oxygens (including phenoxy) is 2. The molecule has 0 saturated heterocycles. The van der Waals surface area contributed by atoms with Crippen molar-refractivity contribution < 1.29 is 28.7 Å². The van der Waals surface area contributed by atoms with Crippen molar-refractivity contribution in [3.05, 3.63) is 71.8 Å². The molecule has 0 aliphatic rings. The Morgan fingerprint density at radius 3 is 1.68 bits per heavy atom. The molecule has 2 rings (SSSR count). The van der Waals surface area contributed by atoms with Crippen LogP contribution in [0.2, 0.25) is 0 Å². The molecule has 0 heterocycles. The minimum atomic E-state index is -1.43. The van der Waals surface area contributed by atoms with Gasteiger partial charge in [-0.15, -0.1) is 0 Å². The monoisotopic (exact) mass is 553 g/mol. The van der Waals surface area contributed by atoms with Gasteiger partial charge in [0.15, 0.2) is 0 Å². The van der Waals surface area contributed by atoms with E-state index in [1.165, 1.54) is 27.7 Å². The summed E-state index contributed by atoms with van der Waals surface area (Å²) in [5.41, 5.74) is -3.13. The predicted molar refractivity (Wildman–Crippen MR) is 153 cm³/mol. The molecule has 2 aromatic rings. The minimum absolute atomic E-state index is 0.0384. The maximum absolute atomic E-state index is 13.7. The number of amides is 3. The van der Waals surface area contributed by atoms with E-state index < -0.39 is 46.1 Å². The number of alkyl carbamates (subject to hydrolysis) is 1. The molecule has 0 fully saturated rings. The third kappa shape index (κ3) is 10.0. The van der Waals surface area contributed by atoms with Gasteiger partial charge >= 0.3 is 12.1 Å². The molecule has 40 heavy (non-hydrogen) atoms. The van der Waals surface area contributed by atoms with E-state index in [9.17, 15) is 19.2 Å². The highest BCUT2D eigenvalue weighted by molar-refractivity contribution is 5.97. The van der Waals surface area contributed by atoms with Crippen LogP contribution in [-0.4, -0.2) is 46.1 Å². The molecule has 0 spiro atoms. The Kier molecular flexibility index (Phi) is 10.5. The standard InChI is InChI=1S/C31H43N3O6/c1-28(2,3)40-26(37)30(6,7)32-24(35)29(4,5)33-25(36)31(8,20-19-22-15-11-9-12-16-22)34-27(38)39-21-23-17-13-10-14-18-23/h9-18H,19-21H2,1-8H3,(H,32,35)(H,33,36)(H,34,38)/t31-/m1/s1. The lowest BCUT2D eigenvalue weighted by Gasteiger charge is -2.36. The lowest BCUT2D eigenvalue weighted by atomic mass is 9.90. The van der Waals surface area contributed by atoms with E-state index in [1.807, 2.05) is 60.7 Å². The molecule has 9 heteroatoms. The summed E-state index contributed by atoms with van der Waals surface area (Å²) in [5, 5.41) is 8.13. The molecule has 0 bridgehead atoms. The van der Waals surface area contributed by atoms with Crippen LogP contribution in [0.1, 0.15) is 72.9 Å². The Balaban J connectivity index is 2.17. The van der Waals surface area contributed by atoms with Crippen molar-refractivity contribution in [1.82, 2.24) is 16.0 Å². The summed E-state index contributed by atoms with van der Waals surface area (Å²) in [6, 6.07) is 18.8. The molecule has 0 saturated carbocycles. The summed E-state index contributed by atoms with van der Waals surface area (Å²) in [7, 11) is 0. The van der Waals surface area contributed by atoms with Crippen molar-refractivity contribution in [3.8, 4) is 0 Å². The fourth-order valence-electron chi connectivity index (χ4n) is 3.63. The molecule has 0 aliphatic heterocycles.